The van der Waals surface area contributed by atoms with Gasteiger partial charge in [0.05, 0.1) is 22.0 Å². The van der Waals surface area contributed by atoms with E-state index in [0.717, 1.165) is 0 Å². The molecule has 0 atom stereocenters. The smallest absolute Gasteiger partial charge is 0.335 e. The third kappa shape index (κ3) is 4.81. The topological polar surface area (TPSA) is 103 Å². The van der Waals surface area contributed by atoms with Crippen LogP contribution in [0.1, 0.15) is 32.1 Å². The second-order valence-corrected chi connectivity index (χ2v) is 8.71. The zero-order valence-electron chi connectivity index (χ0n) is 20.0. The molecule has 0 radical (unpaired) electrons. The van der Waals surface area contributed by atoms with Crippen molar-refractivity contribution in [1.82, 2.24) is 9.78 Å². The van der Waals surface area contributed by atoms with Gasteiger partial charge in [-0.15, -0.1) is 0 Å². The second kappa shape index (κ2) is 9.87. The predicted octanol–water partition coefficient (Wildman–Crippen LogP) is 5.12. The fraction of sp³-hybridized carbons (Fsp3) is 0.148. The van der Waals surface area contributed by atoms with Crippen molar-refractivity contribution in [3.05, 3.63) is 94.3 Å². The van der Waals surface area contributed by atoms with Gasteiger partial charge in [0.2, 0.25) is 6.79 Å². The molecule has 3 aromatic carbocycles. The zero-order valence-corrected chi connectivity index (χ0v) is 20.7. The summed E-state index contributed by atoms with van der Waals surface area (Å²) in [5.41, 5.74) is 3.00. The molecule has 1 aliphatic heterocycles. The van der Waals surface area contributed by atoms with Crippen molar-refractivity contribution >= 4 is 29.2 Å². The van der Waals surface area contributed by atoms with Gasteiger partial charge < -0.3 is 24.2 Å². The van der Waals surface area contributed by atoms with Gasteiger partial charge in [0.15, 0.2) is 11.5 Å². The highest BCUT2D eigenvalue weighted by molar-refractivity contribution is 6.31. The van der Waals surface area contributed by atoms with E-state index in [1.165, 1.54) is 17.0 Å². The Morgan fingerprint density at radius 3 is 2.62 bits per heavy atom. The molecule has 1 amide bonds. The van der Waals surface area contributed by atoms with E-state index >= 15 is 0 Å². The number of carboxylic acid groups (broad SMARTS) is 1. The number of fused-ring (bicyclic) bond motifs is 1. The van der Waals surface area contributed by atoms with Crippen LogP contribution < -0.4 is 19.1 Å². The lowest BCUT2D eigenvalue weighted by atomic mass is 10.1. The van der Waals surface area contributed by atoms with Crippen LogP contribution in [-0.2, 0) is 6.61 Å². The Morgan fingerprint density at radius 2 is 1.81 bits per heavy atom. The van der Waals surface area contributed by atoms with Gasteiger partial charge >= 0.3 is 5.97 Å². The number of hydrogen-bond donors (Lipinski definition) is 1. The summed E-state index contributed by atoms with van der Waals surface area (Å²) >= 11 is 6.54. The first-order valence-corrected chi connectivity index (χ1v) is 11.7. The van der Waals surface area contributed by atoms with E-state index < -0.39 is 5.97 Å². The highest BCUT2D eigenvalue weighted by Crippen LogP contribution is 2.35. The van der Waals surface area contributed by atoms with Crippen molar-refractivity contribution in [1.29, 1.82) is 0 Å². The molecule has 5 rings (SSSR count). The number of hydrogen-bond acceptors (Lipinski definition) is 6. The first-order valence-electron chi connectivity index (χ1n) is 11.3. The summed E-state index contributed by atoms with van der Waals surface area (Å²) in [6, 6.07) is 18.5. The molecule has 0 spiro atoms. The molecule has 0 bridgehead atoms. The Hall–Kier alpha value is -4.50. The number of ether oxygens (including phenoxy) is 3. The Bertz CT molecular complexity index is 1520. The molecule has 1 aromatic heterocycles. The minimum absolute atomic E-state index is 0.0397. The Morgan fingerprint density at radius 1 is 1.05 bits per heavy atom. The van der Waals surface area contributed by atoms with Crippen LogP contribution in [0.2, 0.25) is 5.02 Å². The van der Waals surface area contributed by atoms with Gasteiger partial charge in [-0.05, 0) is 55.5 Å². The minimum atomic E-state index is -1.04. The van der Waals surface area contributed by atoms with Crippen molar-refractivity contribution in [3.8, 4) is 22.9 Å². The number of aryl methyl sites for hydroxylation is 1. The van der Waals surface area contributed by atoms with Crippen LogP contribution in [0.15, 0.2) is 66.7 Å². The number of carbonyl (C=O) groups is 2. The third-order valence-electron chi connectivity index (χ3n) is 5.92. The molecule has 0 saturated heterocycles. The number of aromatic carboxylic acids is 1. The average molecular weight is 520 g/mol. The van der Waals surface area contributed by atoms with E-state index in [1.807, 2.05) is 6.07 Å². The van der Waals surface area contributed by atoms with E-state index in [4.69, 9.17) is 25.8 Å². The Kier molecular flexibility index (Phi) is 6.45. The fourth-order valence-corrected chi connectivity index (χ4v) is 4.11. The van der Waals surface area contributed by atoms with Crippen LogP contribution in [0, 0.1) is 6.92 Å². The number of rotatable bonds is 7. The quantitative estimate of drug-likeness (QED) is 0.361. The number of aromatic nitrogens is 2. The third-order valence-corrected chi connectivity index (χ3v) is 6.41. The molecule has 9 nitrogen and oxygen atoms in total. The van der Waals surface area contributed by atoms with Crippen LogP contribution in [0.5, 0.6) is 17.2 Å². The lowest BCUT2D eigenvalue weighted by molar-refractivity contribution is 0.0696. The van der Waals surface area contributed by atoms with Gasteiger partial charge in [-0.2, -0.15) is 5.10 Å². The van der Waals surface area contributed by atoms with Crippen molar-refractivity contribution in [2.75, 3.05) is 18.7 Å². The van der Waals surface area contributed by atoms with E-state index in [2.05, 4.69) is 5.10 Å². The van der Waals surface area contributed by atoms with Crippen molar-refractivity contribution in [2.24, 2.45) is 0 Å². The molecule has 10 heteroatoms. The van der Waals surface area contributed by atoms with E-state index in [-0.39, 0.29) is 24.9 Å². The molecule has 1 N–H and O–H groups in total. The maximum absolute atomic E-state index is 13.3. The second-order valence-electron chi connectivity index (χ2n) is 8.33. The number of halogens is 1. The van der Waals surface area contributed by atoms with Gasteiger partial charge in [0, 0.05) is 24.4 Å². The molecule has 0 fully saturated rings. The van der Waals surface area contributed by atoms with Crippen LogP contribution in [0.25, 0.3) is 5.69 Å². The number of nitrogens with zero attached hydrogens (tertiary/aromatic N) is 3. The first kappa shape index (κ1) is 24.2. The lowest BCUT2D eigenvalue weighted by Gasteiger charge is -2.18. The molecule has 37 heavy (non-hydrogen) atoms. The summed E-state index contributed by atoms with van der Waals surface area (Å²) in [7, 11) is 1.69. The molecule has 1 aliphatic rings. The summed E-state index contributed by atoms with van der Waals surface area (Å²) in [5, 5.41) is 14.2. The number of carboxylic acids is 1. The molecule has 4 aromatic rings. The first-order chi connectivity index (χ1) is 17.8. The monoisotopic (exact) mass is 519 g/mol. The summed E-state index contributed by atoms with van der Waals surface area (Å²) in [4.78, 5) is 26.1. The fourth-order valence-electron chi connectivity index (χ4n) is 3.94. The maximum Gasteiger partial charge on any atom is 0.335 e. The number of amides is 1. The van der Waals surface area contributed by atoms with Crippen LogP contribution >= 0.6 is 11.6 Å². The van der Waals surface area contributed by atoms with Crippen LogP contribution in [0.4, 0.5) is 5.69 Å². The number of benzene rings is 3. The lowest BCUT2D eigenvalue weighted by Crippen LogP contribution is -2.26. The summed E-state index contributed by atoms with van der Waals surface area (Å²) < 4.78 is 18.2. The Balaban J connectivity index is 1.40. The molecular weight excluding hydrogens is 498 g/mol. The molecule has 0 aliphatic carbocycles. The zero-order chi connectivity index (χ0) is 26.1. The average Bonchev–Trinajstić information content (AvgIpc) is 3.50. The van der Waals surface area contributed by atoms with Gasteiger partial charge in [0.1, 0.15) is 18.1 Å². The number of carbonyl (C=O) groups excluding carboxylic acids is 1. The van der Waals surface area contributed by atoms with Crippen molar-refractivity contribution in [2.45, 2.75) is 13.5 Å². The summed E-state index contributed by atoms with van der Waals surface area (Å²) in [5.74, 6) is 0.347. The van der Waals surface area contributed by atoms with Gasteiger partial charge in [0.25, 0.3) is 5.91 Å². The number of anilines is 1. The summed E-state index contributed by atoms with van der Waals surface area (Å²) in [6.07, 6.45) is 0. The SMILES string of the molecule is Cc1nn(-c2cccc(C(=O)N(C)c3ccc4c(c3)OCO4)c2)c(COc2cccc(C(=O)O)c2)c1Cl. The molecule has 2 heterocycles. The largest absolute Gasteiger partial charge is 0.487 e. The van der Waals surface area contributed by atoms with Gasteiger partial charge in [-0.1, -0.05) is 23.7 Å². The van der Waals surface area contributed by atoms with Gasteiger partial charge in [-0.3, -0.25) is 4.79 Å². The van der Waals surface area contributed by atoms with Crippen molar-refractivity contribution < 1.29 is 28.9 Å². The van der Waals surface area contributed by atoms with Crippen LogP contribution in [-0.4, -0.2) is 40.6 Å². The molecular formula is C27H22ClN3O6. The van der Waals surface area contributed by atoms with Crippen molar-refractivity contribution in [3.63, 3.8) is 0 Å². The highest BCUT2D eigenvalue weighted by Gasteiger charge is 2.21. The minimum Gasteiger partial charge on any atom is -0.487 e. The predicted molar refractivity (Wildman–Crippen MR) is 136 cm³/mol. The normalized spacial score (nSPS) is 11.9. The highest BCUT2D eigenvalue weighted by atomic mass is 35.5. The molecule has 0 unspecified atom stereocenters. The van der Waals surface area contributed by atoms with Gasteiger partial charge in [-0.25, -0.2) is 9.48 Å². The van der Waals surface area contributed by atoms with E-state index in [1.54, 1.807) is 67.2 Å². The molecule has 0 saturated carbocycles. The maximum atomic E-state index is 13.3. The van der Waals surface area contributed by atoms with E-state index in [9.17, 15) is 14.7 Å². The molecule has 188 valence electrons. The standard InChI is InChI=1S/C27H22ClN3O6/c1-16-25(28)22(14-35-21-8-4-6-18(12-21)27(33)34)31(29-16)20-7-3-5-17(11-20)26(32)30(2)19-9-10-23-24(13-19)37-15-36-23/h3-13H,14-15H2,1-2H3,(H,33,34). The Labute approximate surface area is 217 Å². The van der Waals surface area contributed by atoms with Crippen LogP contribution in [0.3, 0.4) is 0 Å². The van der Waals surface area contributed by atoms with E-state index in [0.29, 0.717) is 50.6 Å². The summed E-state index contributed by atoms with van der Waals surface area (Å²) in [6.45, 7) is 1.97.